The number of hydrogen-bond donors (Lipinski definition) is 1. The average Bonchev–Trinajstić information content (AvgIpc) is 2.58. The van der Waals surface area contributed by atoms with E-state index < -0.39 is 0 Å². The second kappa shape index (κ2) is 7.77. The smallest absolute Gasteiger partial charge is 0.0376 e. The first-order valence-corrected chi connectivity index (χ1v) is 8.74. The lowest BCUT2D eigenvalue weighted by atomic mass is 9.76. The Morgan fingerprint density at radius 3 is 2.65 bits per heavy atom. The summed E-state index contributed by atoms with van der Waals surface area (Å²) in [5.41, 5.74) is 0. The number of hydrogen-bond acceptors (Lipinski definition) is 3. The summed E-state index contributed by atoms with van der Waals surface area (Å²) < 4.78 is 0. The molecular formula is C17H35N3. The second-order valence-corrected chi connectivity index (χ2v) is 7.28. The molecule has 3 nitrogen and oxygen atoms in total. The molecule has 0 aromatic carbocycles. The summed E-state index contributed by atoms with van der Waals surface area (Å²) in [5, 5.41) is 3.85. The quantitative estimate of drug-likeness (QED) is 0.854. The van der Waals surface area contributed by atoms with Crippen LogP contribution in [0.3, 0.4) is 0 Å². The van der Waals surface area contributed by atoms with Gasteiger partial charge >= 0.3 is 0 Å². The van der Waals surface area contributed by atoms with E-state index in [-0.39, 0.29) is 0 Å². The van der Waals surface area contributed by atoms with Gasteiger partial charge in [0.05, 0.1) is 0 Å². The molecule has 1 N–H and O–H groups in total. The van der Waals surface area contributed by atoms with Crippen LogP contribution in [0.2, 0.25) is 0 Å². The predicted octanol–water partition coefficient (Wildman–Crippen LogP) is 2.43. The lowest BCUT2D eigenvalue weighted by molar-refractivity contribution is 0.115. The van der Waals surface area contributed by atoms with Gasteiger partial charge in [0, 0.05) is 18.6 Å². The molecule has 0 amide bonds. The number of likely N-dealkylation sites (N-methyl/N-ethyl adjacent to an activating group) is 3. The normalized spacial score (nSPS) is 35.7. The fourth-order valence-corrected chi connectivity index (χ4v) is 4.35. The maximum atomic E-state index is 3.85. The first-order valence-electron chi connectivity index (χ1n) is 8.74. The minimum Gasteiger partial charge on any atom is -0.312 e. The summed E-state index contributed by atoms with van der Waals surface area (Å²) in [6.45, 7) is 9.53. The van der Waals surface area contributed by atoms with Crippen LogP contribution in [0, 0.1) is 11.8 Å². The first kappa shape index (κ1) is 16.3. The molecule has 1 saturated carbocycles. The van der Waals surface area contributed by atoms with Crippen LogP contribution in [0.15, 0.2) is 0 Å². The highest BCUT2D eigenvalue weighted by Crippen LogP contribution is 2.33. The molecule has 1 saturated heterocycles. The van der Waals surface area contributed by atoms with Crippen LogP contribution in [0.25, 0.3) is 0 Å². The van der Waals surface area contributed by atoms with Crippen LogP contribution in [0.1, 0.15) is 46.0 Å². The zero-order valence-electron chi connectivity index (χ0n) is 14.1. The van der Waals surface area contributed by atoms with Gasteiger partial charge in [0.1, 0.15) is 0 Å². The maximum Gasteiger partial charge on any atom is 0.0376 e. The molecule has 4 unspecified atom stereocenters. The van der Waals surface area contributed by atoms with Crippen LogP contribution in [0.4, 0.5) is 0 Å². The Labute approximate surface area is 126 Å². The van der Waals surface area contributed by atoms with E-state index in [1.54, 1.807) is 0 Å². The van der Waals surface area contributed by atoms with Gasteiger partial charge in [-0.25, -0.2) is 0 Å². The second-order valence-electron chi connectivity index (χ2n) is 7.28. The highest BCUT2D eigenvalue weighted by atomic mass is 15.2. The van der Waals surface area contributed by atoms with Gasteiger partial charge in [-0.1, -0.05) is 26.7 Å². The molecule has 1 heterocycles. The summed E-state index contributed by atoms with van der Waals surface area (Å²) in [7, 11) is 4.62. The van der Waals surface area contributed by atoms with Gasteiger partial charge in [-0.2, -0.15) is 0 Å². The largest absolute Gasteiger partial charge is 0.312 e. The molecule has 0 spiro atoms. The standard InChI is InChI=1S/C17H35N3/c1-5-18-17(15-9-6-8-14(2)12-15)16-13-19(3)10-7-11-20(16)4/h14-18H,5-13H2,1-4H3. The Kier molecular flexibility index (Phi) is 6.31. The Morgan fingerprint density at radius 2 is 1.95 bits per heavy atom. The summed E-state index contributed by atoms with van der Waals surface area (Å²) in [4.78, 5) is 5.15. The van der Waals surface area contributed by atoms with E-state index in [0.29, 0.717) is 12.1 Å². The van der Waals surface area contributed by atoms with Crippen molar-refractivity contribution in [3.63, 3.8) is 0 Å². The number of nitrogens with zero attached hydrogens (tertiary/aromatic N) is 2. The van der Waals surface area contributed by atoms with Crippen molar-refractivity contribution in [1.82, 2.24) is 15.1 Å². The molecule has 1 aliphatic carbocycles. The third-order valence-electron chi connectivity index (χ3n) is 5.45. The van der Waals surface area contributed by atoms with E-state index in [4.69, 9.17) is 0 Å². The van der Waals surface area contributed by atoms with Crippen molar-refractivity contribution in [2.24, 2.45) is 11.8 Å². The van der Waals surface area contributed by atoms with E-state index in [0.717, 1.165) is 18.4 Å². The summed E-state index contributed by atoms with van der Waals surface area (Å²) in [6.07, 6.45) is 7.03. The van der Waals surface area contributed by atoms with Crippen LogP contribution in [0.5, 0.6) is 0 Å². The minimum atomic E-state index is 0.674. The van der Waals surface area contributed by atoms with Gasteiger partial charge in [0.25, 0.3) is 0 Å². The molecule has 4 atom stereocenters. The highest BCUT2D eigenvalue weighted by Gasteiger charge is 2.35. The van der Waals surface area contributed by atoms with E-state index >= 15 is 0 Å². The first-order chi connectivity index (χ1) is 9.61. The van der Waals surface area contributed by atoms with Gasteiger partial charge in [-0.05, 0) is 64.8 Å². The Bertz CT molecular complexity index is 281. The number of nitrogens with one attached hydrogen (secondary N) is 1. The van der Waals surface area contributed by atoms with Gasteiger partial charge in [-0.3, -0.25) is 0 Å². The van der Waals surface area contributed by atoms with E-state index in [1.807, 2.05) is 0 Å². The lowest BCUT2D eigenvalue weighted by Gasteiger charge is -2.42. The van der Waals surface area contributed by atoms with Crippen LogP contribution >= 0.6 is 0 Å². The van der Waals surface area contributed by atoms with Gasteiger partial charge in [0.15, 0.2) is 0 Å². The molecule has 2 aliphatic rings. The third kappa shape index (κ3) is 4.19. The van der Waals surface area contributed by atoms with Crippen molar-refractivity contribution < 1.29 is 0 Å². The maximum absolute atomic E-state index is 3.85. The van der Waals surface area contributed by atoms with Crippen molar-refractivity contribution >= 4 is 0 Å². The molecule has 1 aliphatic heterocycles. The minimum absolute atomic E-state index is 0.674. The van der Waals surface area contributed by atoms with Crippen molar-refractivity contribution in [2.45, 2.75) is 58.0 Å². The molecule has 118 valence electrons. The summed E-state index contributed by atoms with van der Waals surface area (Å²) >= 11 is 0. The molecule has 0 aromatic heterocycles. The van der Waals surface area contributed by atoms with Gasteiger partial charge < -0.3 is 15.1 Å². The van der Waals surface area contributed by atoms with Crippen molar-refractivity contribution in [1.29, 1.82) is 0 Å². The van der Waals surface area contributed by atoms with Crippen LogP contribution in [-0.4, -0.2) is 62.2 Å². The zero-order valence-corrected chi connectivity index (χ0v) is 14.1. The van der Waals surface area contributed by atoms with Crippen LogP contribution < -0.4 is 5.32 Å². The monoisotopic (exact) mass is 281 g/mol. The van der Waals surface area contributed by atoms with Crippen molar-refractivity contribution in [3.05, 3.63) is 0 Å². The Balaban J connectivity index is 2.08. The fraction of sp³-hybridized carbons (Fsp3) is 1.00. The molecule has 0 radical (unpaired) electrons. The molecule has 0 bridgehead atoms. The lowest BCUT2D eigenvalue weighted by Crippen LogP contribution is -2.56. The van der Waals surface area contributed by atoms with Crippen LogP contribution in [-0.2, 0) is 0 Å². The zero-order chi connectivity index (χ0) is 14.5. The molecule has 3 heteroatoms. The van der Waals surface area contributed by atoms with Gasteiger partial charge in [0.2, 0.25) is 0 Å². The predicted molar refractivity (Wildman–Crippen MR) is 87.1 cm³/mol. The van der Waals surface area contributed by atoms with Gasteiger partial charge in [-0.15, -0.1) is 0 Å². The average molecular weight is 281 g/mol. The van der Waals surface area contributed by atoms with E-state index in [9.17, 15) is 0 Å². The highest BCUT2D eigenvalue weighted by molar-refractivity contribution is 4.93. The molecule has 20 heavy (non-hydrogen) atoms. The number of rotatable bonds is 4. The Hall–Kier alpha value is -0.120. The topological polar surface area (TPSA) is 18.5 Å². The summed E-state index contributed by atoms with van der Waals surface area (Å²) in [6, 6.07) is 1.35. The molecular weight excluding hydrogens is 246 g/mol. The van der Waals surface area contributed by atoms with Crippen molar-refractivity contribution in [2.75, 3.05) is 40.3 Å². The molecule has 0 aromatic rings. The van der Waals surface area contributed by atoms with Crippen molar-refractivity contribution in [3.8, 4) is 0 Å². The third-order valence-corrected chi connectivity index (χ3v) is 5.45. The molecule has 2 fully saturated rings. The Morgan fingerprint density at radius 1 is 1.15 bits per heavy atom. The van der Waals surface area contributed by atoms with E-state index in [2.05, 4.69) is 43.1 Å². The fourth-order valence-electron chi connectivity index (χ4n) is 4.35. The SMILES string of the molecule is CCNC(C1CCCC(C)C1)C1CN(C)CCCN1C. The van der Waals surface area contributed by atoms with E-state index in [1.165, 1.54) is 51.7 Å². The summed E-state index contributed by atoms with van der Waals surface area (Å²) in [5.74, 6) is 1.79. The molecule has 2 rings (SSSR count).